The Morgan fingerprint density at radius 3 is 2.43 bits per heavy atom. The van der Waals surface area contributed by atoms with E-state index in [1.165, 1.54) is 29.5 Å². The van der Waals surface area contributed by atoms with Crippen LogP contribution < -0.4 is 4.90 Å². The molecule has 0 unspecified atom stereocenters. The number of aliphatic hydroxyl groups excluding tert-OH is 1. The lowest BCUT2D eigenvalue weighted by Gasteiger charge is -2.34. The van der Waals surface area contributed by atoms with Crippen LogP contribution in [0.2, 0.25) is 5.02 Å². The molecule has 1 fully saturated rings. The lowest BCUT2D eigenvalue weighted by molar-refractivity contribution is 0.261. The average Bonchev–Trinajstić information content (AvgIpc) is 3.01. The summed E-state index contributed by atoms with van der Waals surface area (Å²) >= 11 is 13.6. The van der Waals surface area contributed by atoms with Crippen molar-refractivity contribution >= 4 is 60.2 Å². The van der Waals surface area contributed by atoms with Gasteiger partial charge < -0.3 is 10.0 Å². The monoisotopic (exact) mass is 553 g/mol. The zero-order valence-corrected chi connectivity index (χ0v) is 21.2. The summed E-state index contributed by atoms with van der Waals surface area (Å²) < 4.78 is 4.00. The number of rotatable bonds is 5. The molecule has 0 atom stereocenters. The van der Waals surface area contributed by atoms with Gasteiger partial charge in [0.1, 0.15) is 5.65 Å². The third kappa shape index (κ3) is 4.29. The van der Waals surface area contributed by atoms with E-state index in [1.54, 1.807) is 0 Å². The van der Waals surface area contributed by atoms with Gasteiger partial charge >= 0.3 is 0 Å². The Labute approximate surface area is 199 Å². The molecule has 0 spiro atoms. The van der Waals surface area contributed by atoms with E-state index in [-0.39, 0.29) is 0 Å². The van der Waals surface area contributed by atoms with E-state index in [2.05, 4.69) is 67.4 Å². The van der Waals surface area contributed by atoms with Crippen LogP contribution in [0.5, 0.6) is 0 Å². The fourth-order valence-corrected chi connectivity index (χ4v) is 6.59. The van der Waals surface area contributed by atoms with Crippen molar-refractivity contribution in [3.63, 3.8) is 0 Å². The molecule has 2 aromatic heterocycles. The topological polar surface area (TPSA) is 41.3 Å². The number of nitrogens with zero attached hydrogens (tertiary/aromatic N) is 3. The molecule has 1 aromatic carbocycles. The highest BCUT2D eigenvalue weighted by molar-refractivity contribution is 9.11. The van der Waals surface area contributed by atoms with Crippen LogP contribution >= 0.6 is 43.5 Å². The van der Waals surface area contributed by atoms with Crippen molar-refractivity contribution in [2.45, 2.75) is 39.5 Å². The summed E-state index contributed by atoms with van der Waals surface area (Å²) in [6.45, 7) is 6.62. The fourth-order valence-electron chi connectivity index (χ4n) is 4.54. The van der Waals surface area contributed by atoms with Crippen molar-refractivity contribution in [2.75, 3.05) is 24.6 Å². The molecule has 1 aliphatic rings. The third-order valence-corrected chi connectivity index (χ3v) is 7.43. The number of aliphatic hydroxyl groups is 1. The number of halogens is 3. The van der Waals surface area contributed by atoms with Gasteiger partial charge in [-0.15, -0.1) is 0 Å². The minimum atomic E-state index is 0.299. The molecule has 1 saturated heterocycles. The Bertz CT molecular complexity index is 1050. The highest BCUT2D eigenvalue weighted by Crippen LogP contribution is 2.39. The molecular formula is C23H26Br2ClN3O. The molecule has 160 valence electrons. The second-order valence-corrected chi connectivity index (χ2v) is 10.3. The molecule has 1 aliphatic heterocycles. The van der Waals surface area contributed by atoms with Crippen LogP contribution in [-0.2, 0) is 0 Å². The highest BCUT2D eigenvalue weighted by atomic mass is 79.9. The van der Waals surface area contributed by atoms with E-state index in [9.17, 15) is 0 Å². The predicted octanol–water partition coefficient (Wildman–Crippen LogP) is 6.81. The molecule has 0 bridgehead atoms. The number of aryl methyl sites for hydroxylation is 2. The van der Waals surface area contributed by atoms with Crippen molar-refractivity contribution in [3.05, 3.63) is 49.6 Å². The van der Waals surface area contributed by atoms with Crippen LogP contribution in [0.15, 0.2) is 33.3 Å². The van der Waals surface area contributed by atoms with Gasteiger partial charge in [-0.05, 0) is 101 Å². The quantitative estimate of drug-likeness (QED) is 0.376. The van der Waals surface area contributed by atoms with Gasteiger partial charge in [0.15, 0.2) is 0 Å². The summed E-state index contributed by atoms with van der Waals surface area (Å²) in [4.78, 5) is 7.43. The smallest absolute Gasteiger partial charge is 0.147 e. The van der Waals surface area contributed by atoms with Crippen molar-refractivity contribution in [1.29, 1.82) is 0 Å². The second-order valence-electron chi connectivity index (χ2n) is 8.18. The number of hydrogen-bond donors (Lipinski definition) is 1. The molecule has 3 heterocycles. The highest BCUT2D eigenvalue weighted by Gasteiger charge is 2.24. The van der Waals surface area contributed by atoms with Crippen LogP contribution in [-0.4, -0.2) is 34.4 Å². The van der Waals surface area contributed by atoms with Gasteiger partial charge in [0, 0.05) is 56.6 Å². The van der Waals surface area contributed by atoms with Gasteiger partial charge in [-0.3, -0.25) is 4.57 Å². The average molecular weight is 556 g/mol. The summed E-state index contributed by atoms with van der Waals surface area (Å²) in [5, 5.41) is 11.0. The van der Waals surface area contributed by atoms with Crippen molar-refractivity contribution < 1.29 is 5.11 Å². The molecule has 30 heavy (non-hydrogen) atoms. The molecule has 1 N–H and O–H groups in total. The van der Waals surface area contributed by atoms with Gasteiger partial charge in [-0.2, -0.15) is 0 Å². The van der Waals surface area contributed by atoms with Gasteiger partial charge in [0.05, 0.1) is 5.69 Å². The number of benzene rings is 1. The predicted molar refractivity (Wildman–Crippen MR) is 132 cm³/mol. The second kappa shape index (κ2) is 9.19. The van der Waals surface area contributed by atoms with Gasteiger partial charge in [0.25, 0.3) is 0 Å². The maximum Gasteiger partial charge on any atom is 0.147 e. The summed E-state index contributed by atoms with van der Waals surface area (Å²) in [5.41, 5.74) is 5.47. The van der Waals surface area contributed by atoms with E-state index in [1.807, 2.05) is 12.1 Å². The molecule has 0 amide bonds. The zero-order chi connectivity index (χ0) is 21.4. The molecule has 0 saturated carbocycles. The molecule has 0 radical (unpaired) electrons. The number of aromatic nitrogens is 2. The summed E-state index contributed by atoms with van der Waals surface area (Å²) in [7, 11) is 0. The number of anilines is 1. The normalized spacial score (nSPS) is 15.3. The molecule has 7 heteroatoms. The molecular weight excluding hydrogens is 530 g/mol. The largest absolute Gasteiger partial charge is 0.396 e. The maximum absolute atomic E-state index is 9.12. The molecule has 3 aromatic rings. The number of fused-ring (bicyclic) bond motifs is 1. The summed E-state index contributed by atoms with van der Waals surface area (Å²) in [5.74, 6) is 0.721. The first-order chi connectivity index (χ1) is 14.4. The van der Waals surface area contributed by atoms with E-state index in [0.717, 1.165) is 57.8 Å². The summed E-state index contributed by atoms with van der Waals surface area (Å²) in [6, 6.07) is 6.05. The molecule has 4 nitrogen and oxygen atoms in total. The van der Waals surface area contributed by atoms with Crippen molar-refractivity contribution in [1.82, 2.24) is 9.55 Å². The van der Waals surface area contributed by atoms with Crippen LogP contribution in [0, 0.1) is 19.8 Å². The van der Waals surface area contributed by atoms with Crippen LogP contribution in [0.3, 0.4) is 0 Å². The van der Waals surface area contributed by atoms with Crippen molar-refractivity contribution in [3.8, 4) is 5.69 Å². The van der Waals surface area contributed by atoms with Gasteiger partial charge in [-0.25, -0.2) is 4.98 Å². The van der Waals surface area contributed by atoms with Crippen LogP contribution in [0.25, 0.3) is 16.7 Å². The maximum atomic E-state index is 9.12. The first-order valence-corrected chi connectivity index (χ1v) is 12.4. The van der Waals surface area contributed by atoms with Gasteiger partial charge in [0.2, 0.25) is 0 Å². The number of pyridine rings is 1. The molecule has 4 rings (SSSR count). The van der Waals surface area contributed by atoms with E-state index in [4.69, 9.17) is 21.7 Å². The SMILES string of the molecule is Cc1cc(N2CCC(CCCO)CC2)c2c(C)cn(-c3c(Br)cc(Cl)cc3Br)c2n1. The van der Waals surface area contributed by atoms with E-state index in [0.29, 0.717) is 11.6 Å². The van der Waals surface area contributed by atoms with Crippen molar-refractivity contribution in [2.24, 2.45) is 5.92 Å². The lowest BCUT2D eigenvalue weighted by Crippen LogP contribution is -2.34. The molecule has 0 aliphatic carbocycles. The fraction of sp³-hybridized carbons (Fsp3) is 0.435. The van der Waals surface area contributed by atoms with Gasteiger partial charge in [-0.1, -0.05) is 11.6 Å². The minimum absolute atomic E-state index is 0.299. The first-order valence-electron chi connectivity index (χ1n) is 10.4. The van der Waals surface area contributed by atoms with E-state index >= 15 is 0 Å². The number of hydrogen-bond acceptors (Lipinski definition) is 3. The van der Waals surface area contributed by atoms with E-state index < -0.39 is 0 Å². The van der Waals surface area contributed by atoms with Crippen LogP contribution in [0.4, 0.5) is 5.69 Å². The Morgan fingerprint density at radius 1 is 1.13 bits per heavy atom. The Kier molecular flexibility index (Phi) is 6.78. The Balaban J connectivity index is 1.76. The lowest BCUT2D eigenvalue weighted by atomic mass is 9.92. The summed E-state index contributed by atoms with van der Waals surface area (Å²) in [6.07, 6.45) is 6.56. The Hall–Kier alpha value is -1.08. The Morgan fingerprint density at radius 2 is 1.80 bits per heavy atom. The van der Waals surface area contributed by atoms with Crippen LogP contribution in [0.1, 0.15) is 36.9 Å². The number of piperidine rings is 1. The minimum Gasteiger partial charge on any atom is -0.396 e. The standard InChI is InChI=1S/C23H26Br2ClN3O/c1-14-13-29(22-18(24)11-17(26)12-19(22)25)23-21(14)20(10-15(2)27-23)28-7-5-16(6-8-28)4-3-9-30/h10-13,16,30H,3-9H2,1-2H3. The third-order valence-electron chi connectivity index (χ3n) is 6.00. The first kappa shape index (κ1) is 22.1. The zero-order valence-electron chi connectivity index (χ0n) is 17.3.